The minimum Gasteiger partial charge on any atom is -0.506 e. The van der Waals surface area contributed by atoms with Crippen LogP contribution < -0.4 is 20.1 Å². The number of ether oxygens (including phenoxy) is 2. The molecular weight excluding hydrogens is 368 g/mol. The SMILES string of the molecule is N[C@@H](CC1COc2ccc3occc3c2O1)C1CCN(c2ccccc2O)CC1. The zero-order chi connectivity index (χ0) is 19.8. The molecule has 0 aliphatic carbocycles. The van der Waals surface area contributed by atoms with Crippen molar-refractivity contribution in [3.63, 3.8) is 0 Å². The van der Waals surface area contributed by atoms with Gasteiger partial charge in [0, 0.05) is 25.6 Å². The summed E-state index contributed by atoms with van der Waals surface area (Å²) in [5, 5.41) is 11.0. The molecule has 3 heterocycles. The van der Waals surface area contributed by atoms with Crippen molar-refractivity contribution in [2.24, 2.45) is 11.7 Å². The number of anilines is 1. The summed E-state index contributed by atoms with van der Waals surface area (Å²) >= 11 is 0. The quantitative estimate of drug-likeness (QED) is 0.698. The van der Waals surface area contributed by atoms with E-state index in [9.17, 15) is 5.11 Å². The van der Waals surface area contributed by atoms with Gasteiger partial charge in [0.2, 0.25) is 0 Å². The van der Waals surface area contributed by atoms with Gasteiger partial charge in [0.25, 0.3) is 0 Å². The van der Waals surface area contributed by atoms with E-state index in [4.69, 9.17) is 19.6 Å². The summed E-state index contributed by atoms with van der Waals surface area (Å²) in [7, 11) is 0. The van der Waals surface area contributed by atoms with Crippen LogP contribution in [0.2, 0.25) is 0 Å². The lowest BCUT2D eigenvalue weighted by molar-refractivity contribution is 0.0749. The number of nitrogens with zero attached hydrogens (tertiary/aromatic N) is 1. The Morgan fingerprint density at radius 2 is 1.93 bits per heavy atom. The molecule has 5 rings (SSSR count). The molecule has 0 spiro atoms. The molecule has 29 heavy (non-hydrogen) atoms. The Kier molecular flexibility index (Phi) is 4.72. The number of aromatic hydroxyl groups is 1. The van der Waals surface area contributed by atoms with Crippen molar-refractivity contribution in [3.8, 4) is 17.2 Å². The Hall–Kier alpha value is -2.86. The second-order valence-electron chi connectivity index (χ2n) is 7.99. The number of phenolic OH excluding ortho intramolecular Hbond substituents is 1. The molecule has 3 aromatic rings. The largest absolute Gasteiger partial charge is 0.506 e. The number of hydrogen-bond acceptors (Lipinski definition) is 6. The van der Waals surface area contributed by atoms with Gasteiger partial charge in [0.1, 0.15) is 24.0 Å². The standard InChI is InChI=1S/C23H26N2O4/c24-18(15-7-10-25(11-8-15)19-3-1-2-4-20(19)26)13-16-14-28-22-6-5-21-17(9-12-27-21)23(22)29-16/h1-6,9,12,15-16,18,26H,7-8,10-11,13-14,24H2/t16?,18-/m0/s1. The highest BCUT2D eigenvalue weighted by Crippen LogP contribution is 2.40. The van der Waals surface area contributed by atoms with Gasteiger partial charge in [-0.1, -0.05) is 12.1 Å². The number of phenols is 1. The van der Waals surface area contributed by atoms with Crippen molar-refractivity contribution in [2.45, 2.75) is 31.4 Å². The molecule has 0 saturated carbocycles. The third-order valence-electron chi connectivity index (χ3n) is 6.16. The monoisotopic (exact) mass is 394 g/mol. The van der Waals surface area contributed by atoms with Gasteiger partial charge in [0.15, 0.2) is 11.5 Å². The van der Waals surface area contributed by atoms with Crippen LogP contribution in [0, 0.1) is 5.92 Å². The predicted octanol–water partition coefficient (Wildman–Crippen LogP) is 3.91. The van der Waals surface area contributed by atoms with Crippen molar-refractivity contribution >= 4 is 16.7 Å². The third-order valence-corrected chi connectivity index (χ3v) is 6.16. The van der Waals surface area contributed by atoms with Crippen molar-refractivity contribution in [2.75, 3.05) is 24.6 Å². The molecule has 1 unspecified atom stereocenters. The maximum atomic E-state index is 10.1. The summed E-state index contributed by atoms with van der Waals surface area (Å²) in [4.78, 5) is 2.24. The second kappa shape index (κ2) is 7.52. The van der Waals surface area contributed by atoms with E-state index in [1.165, 1.54) is 0 Å². The van der Waals surface area contributed by atoms with Crippen LogP contribution in [0.25, 0.3) is 11.0 Å². The van der Waals surface area contributed by atoms with Crippen molar-refractivity contribution in [1.29, 1.82) is 0 Å². The molecule has 2 atom stereocenters. The third kappa shape index (κ3) is 3.49. The first-order chi connectivity index (χ1) is 14.2. The zero-order valence-corrected chi connectivity index (χ0v) is 16.3. The predicted molar refractivity (Wildman–Crippen MR) is 112 cm³/mol. The molecule has 152 valence electrons. The van der Waals surface area contributed by atoms with Gasteiger partial charge in [0.05, 0.1) is 17.3 Å². The van der Waals surface area contributed by atoms with Crippen molar-refractivity contribution in [3.05, 3.63) is 48.7 Å². The smallest absolute Gasteiger partial charge is 0.172 e. The summed E-state index contributed by atoms with van der Waals surface area (Å²) in [6.07, 6.45) is 4.38. The number of para-hydroxylation sites is 2. The van der Waals surface area contributed by atoms with Crippen molar-refractivity contribution in [1.82, 2.24) is 0 Å². The highest BCUT2D eigenvalue weighted by atomic mass is 16.6. The molecule has 6 heteroatoms. The van der Waals surface area contributed by atoms with E-state index in [2.05, 4.69) is 4.90 Å². The lowest BCUT2D eigenvalue weighted by atomic mass is 9.86. The van der Waals surface area contributed by atoms with Gasteiger partial charge in [-0.2, -0.15) is 0 Å². The number of fused-ring (bicyclic) bond motifs is 3. The van der Waals surface area contributed by atoms with Crippen LogP contribution in [0.4, 0.5) is 5.69 Å². The van der Waals surface area contributed by atoms with Crippen LogP contribution in [-0.2, 0) is 0 Å². The molecule has 3 N–H and O–H groups in total. The zero-order valence-electron chi connectivity index (χ0n) is 16.3. The molecule has 0 bridgehead atoms. The van der Waals surface area contributed by atoms with Crippen molar-refractivity contribution < 1.29 is 19.0 Å². The van der Waals surface area contributed by atoms with Crippen LogP contribution in [0.5, 0.6) is 17.2 Å². The molecular formula is C23H26N2O4. The lowest BCUT2D eigenvalue weighted by Gasteiger charge is -2.37. The number of nitrogens with two attached hydrogens (primary N) is 1. The highest BCUT2D eigenvalue weighted by Gasteiger charge is 2.30. The van der Waals surface area contributed by atoms with Gasteiger partial charge in [-0.3, -0.25) is 0 Å². The topological polar surface area (TPSA) is 81.1 Å². The lowest BCUT2D eigenvalue weighted by Crippen LogP contribution is -2.44. The Bertz CT molecular complexity index is 993. The number of rotatable bonds is 4. The van der Waals surface area contributed by atoms with Gasteiger partial charge < -0.3 is 29.6 Å². The molecule has 2 aromatic carbocycles. The van der Waals surface area contributed by atoms with E-state index in [1.807, 2.05) is 36.4 Å². The maximum absolute atomic E-state index is 10.1. The van der Waals surface area contributed by atoms with Gasteiger partial charge in [-0.25, -0.2) is 0 Å². The molecule has 0 amide bonds. The highest BCUT2D eigenvalue weighted by molar-refractivity contribution is 5.87. The van der Waals surface area contributed by atoms with Crippen LogP contribution in [0.15, 0.2) is 53.1 Å². The average molecular weight is 394 g/mol. The van der Waals surface area contributed by atoms with Crippen LogP contribution in [0.1, 0.15) is 19.3 Å². The number of hydrogen-bond donors (Lipinski definition) is 2. The molecule has 0 radical (unpaired) electrons. The molecule has 1 saturated heterocycles. The van der Waals surface area contributed by atoms with E-state index in [-0.39, 0.29) is 12.1 Å². The maximum Gasteiger partial charge on any atom is 0.172 e. The number of furan rings is 1. The van der Waals surface area contributed by atoms with Gasteiger partial charge >= 0.3 is 0 Å². The van der Waals surface area contributed by atoms with E-state index >= 15 is 0 Å². The summed E-state index contributed by atoms with van der Waals surface area (Å²) < 4.78 is 17.7. The fourth-order valence-electron chi connectivity index (χ4n) is 4.53. The summed E-state index contributed by atoms with van der Waals surface area (Å²) in [6, 6.07) is 13.3. The summed E-state index contributed by atoms with van der Waals surface area (Å²) in [6.45, 7) is 2.31. The fourth-order valence-corrected chi connectivity index (χ4v) is 4.53. The average Bonchev–Trinajstić information content (AvgIpc) is 3.24. The minimum atomic E-state index is -0.0609. The van der Waals surface area contributed by atoms with Crippen LogP contribution in [0.3, 0.4) is 0 Å². The Labute approximate surface area is 169 Å². The first kappa shape index (κ1) is 18.2. The minimum absolute atomic E-state index is 0.0558. The summed E-state index contributed by atoms with van der Waals surface area (Å²) in [5.74, 6) is 2.30. The fraction of sp³-hybridized carbons (Fsp3) is 0.391. The Morgan fingerprint density at radius 1 is 1.10 bits per heavy atom. The molecule has 6 nitrogen and oxygen atoms in total. The Balaban J connectivity index is 1.20. The van der Waals surface area contributed by atoms with E-state index in [1.54, 1.807) is 12.3 Å². The number of piperidine rings is 1. The molecule has 1 fully saturated rings. The first-order valence-corrected chi connectivity index (χ1v) is 10.3. The van der Waals surface area contributed by atoms with E-state index in [0.29, 0.717) is 18.3 Å². The van der Waals surface area contributed by atoms with Crippen LogP contribution in [-0.4, -0.2) is 36.9 Å². The first-order valence-electron chi connectivity index (χ1n) is 10.3. The van der Waals surface area contributed by atoms with Gasteiger partial charge in [-0.05, 0) is 49.1 Å². The molecule has 1 aromatic heterocycles. The number of benzene rings is 2. The molecule has 2 aliphatic rings. The summed E-state index contributed by atoms with van der Waals surface area (Å²) in [5.41, 5.74) is 8.29. The normalized spacial score (nSPS) is 20.7. The van der Waals surface area contributed by atoms with E-state index < -0.39 is 0 Å². The Morgan fingerprint density at radius 3 is 2.76 bits per heavy atom. The second-order valence-corrected chi connectivity index (χ2v) is 7.99. The molecule has 2 aliphatic heterocycles. The van der Waals surface area contributed by atoms with E-state index in [0.717, 1.165) is 60.5 Å². The van der Waals surface area contributed by atoms with Gasteiger partial charge in [-0.15, -0.1) is 0 Å². The van der Waals surface area contributed by atoms with Crippen LogP contribution >= 0.6 is 0 Å².